The molecule has 0 spiro atoms. The van der Waals surface area contributed by atoms with E-state index in [1.165, 1.54) is 11.3 Å². The summed E-state index contributed by atoms with van der Waals surface area (Å²) < 4.78 is 0. The fourth-order valence-electron chi connectivity index (χ4n) is 2.36. The number of amides is 1. The zero-order chi connectivity index (χ0) is 15.7. The molecule has 0 radical (unpaired) electrons. The Morgan fingerprint density at radius 3 is 2.86 bits per heavy atom. The predicted molar refractivity (Wildman–Crippen MR) is 92.0 cm³/mol. The number of benzene rings is 1. The number of anilines is 2. The number of carbonyl (C=O) groups is 1. The van der Waals surface area contributed by atoms with Crippen LogP contribution in [0.3, 0.4) is 0 Å². The quantitative estimate of drug-likeness (QED) is 0.903. The predicted octanol–water partition coefficient (Wildman–Crippen LogP) is 4.12. The second-order valence-corrected chi connectivity index (χ2v) is 6.90. The molecule has 3 rings (SSSR count). The number of rotatable bonds is 5. The zero-order valence-electron chi connectivity index (χ0n) is 13.2. The van der Waals surface area contributed by atoms with E-state index in [2.05, 4.69) is 42.2 Å². The normalized spacial score (nSPS) is 14.2. The molecule has 1 saturated carbocycles. The Hall–Kier alpha value is -1.88. The number of nitrogens with zero attached hydrogens (tertiary/aromatic N) is 2. The molecule has 0 aliphatic heterocycles. The van der Waals surface area contributed by atoms with Crippen molar-refractivity contribution in [2.45, 2.75) is 38.6 Å². The minimum absolute atomic E-state index is 0.0475. The maximum absolute atomic E-state index is 12.5. The van der Waals surface area contributed by atoms with Gasteiger partial charge in [0.25, 0.3) is 5.91 Å². The first-order valence-electron chi connectivity index (χ1n) is 7.64. The Kier molecular flexibility index (Phi) is 4.16. The molecule has 1 heterocycles. The molecule has 2 aromatic rings. The van der Waals surface area contributed by atoms with E-state index >= 15 is 0 Å². The molecule has 116 valence electrons. The molecule has 1 aliphatic carbocycles. The number of carbonyl (C=O) groups excluding carboxylic acids is 1. The monoisotopic (exact) mass is 315 g/mol. The smallest absolute Gasteiger partial charge is 0.267 e. The van der Waals surface area contributed by atoms with Crippen LogP contribution in [-0.2, 0) is 0 Å². The van der Waals surface area contributed by atoms with Gasteiger partial charge in [-0.05, 0) is 44.9 Å². The van der Waals surface area contributed by atoms with Gasteiger partial charge in [-0.2, -0.15) is 0 Å². The summed E-state index contributed by atoms with van der Waals surface area (Å²) in [4.78, 5) is 19.8. The highest BCUT2D eigenvalue weighted by molar-refractivity contribution is 7.12. The summed E-state index contributed by atoms with van der Waals surface area (Å²) in [6, 6.07) is 8.37. The van der Waals surface area contributed by atoms with E-state index < -0.39 is 0 Å². The molecule has 4 nitrogen and oxygen atoms in total. The van der Waals surface area contributed by atoms with Crippen molar-refractivity contribution in [2.24, 2.45) is 0 Å². The SMILES string of the molecule is CC(C)N(C)c1cccc(NC(=O)c2scnc2C2CC2)c1. The molecule has 1 aliphatic rings. The van der Waals surface area contributed by atoms with Crippen molar-refractivity contribution >= 4 is 28.6 Å². The Bertz CT molecular complexity index is 676. The van der Waals surface area contributed by atoms with Crippen molar-refractivity contribution in [3.8, 4) is 0 Å². The van der Waals surface area contributed by atoms with Crippen LogP contribution in [0.4, 0.5) is 11.4 Å². The van der Waals surface area contributed by atoms with Gasteiger partial charge in [0.2, 0.25) is 0 Å². The molecule has 22 heavy (non-hydrogen) atoms. The zero-order valence-corrected chi connectivity index (χ0v) is 14.0. The molecule has 0 unspecified atom stereocenters. The van der Waals surface area contributed by atoms with Gasteiger partial charge < -0.3 is 10.2 Å². The van der Waals surface area contributed by atoms with Crippen molar-refractivity contribution in [1.29, 1.82) is 0 Å². The molecule has 5 heteroatoms. The molecule has 0 saturated heterocycles. The van der Waals surface area contributed by atoms with Gasteiger partial charge in [-0.3, -0.25) is 4.79 Å². The van der Waals surface area contributed by atoms with Gasteiger partial charge in [-0.1, -0.05) is 6.07 Å². The third-order valence-electron chi connectivity index (χ3n) is 4.05. The first-order chi connectivity index (χ1) is 10.6. The van der Waals surface area contributed by atoms with E-state index in [4.69, 9.17) is 0 Å². The van der Waals surface area contributed by atoms with Gasteiger partial charge in [-0.25, -0.2) is 4.98 Å². The molecule has 1 amide bonds. The molecule has 0 bridgehead atoms. The Morgan fingerprint density at radius 1 is 1.41 bits per heavy atom. The summed E-state index contributed by atoms with van der Waals surface area (Å²) in [7, 11) is 2.06. The summed E-state index contributed by atoms with van der Waals surface area (Å²) in [5, 5.41) is 3.01. The number of nitrogens with one attached hydrogen (secondary N) is 1. The van der Waals surface area contributed by atoms with Crippen LogP contribution >= 0.6 is 11.3 Å². The summed E-state index contributed by atoms with van der Waals surface area (Å²) in [5.41, 5.74) is 4.66. The second kappa shape index (κ2) is 6.08. The lowest BCUT2D eigenvalue weighted by atomic mass is 10.2. The van der Waals surface area contributed by atoms with Crippen LogP contribution in [0.5, 0.6) is 0 Å². The highest BCUT2D eigenvalue weighted by Gasteiger charge is 2.30. The van der Waals surface area contributed by atoms with Gasteiger partial charge in [0.05, 0.1) is 11.2 Å². The van der Waals surface area contributed by atoms with Gasteiger partial charge in [0.1, 0.15) is 4.88 Å². The van der Waals surface area contributed by atoms with Crippen molar-refractivity contribution in [3.05, 3.63) is 40.3 Å². The van der Waals surface area contributed by atoms with E-state index in [1.807, 2.05) is 18.2 Å². The standard InChI is InChI=1S/C17H21N3OS/c1-11(2)20(3)14-6-4-5-13(9-14)19-17(21)16-15(12-7-8-12)18-10-22-16/h4-6,9-12H,7-8H2,1-3H3,(H,19,21). The highest BCUT2D eigenvalue weighted by Crippen LogP contribution is 2.41. The molecule has 1 fully saturated rings. The molecule has 1 N–H and O–H groups in total. The summed E-state index contributed by atoms with van der Waals surface area (Å²) in [6.45, 7) is 4.29. The van der Waals surface area contributed by atoms with Crippen molar-refractivity contribution in [2.75, 3.05) is 17.3 Å². The van der Waals surface area contributed by atoms with Crippen LogP contribution in [0.1, 0.15) is 48.0 Å². The van der Waals surface area contributed by atoms with Gasteiger partial charge in [0.15, 0.2) is 0 Å². The maximum atomic E-state index is 12.5. The Morgan fingerprint density at radius 2 is 2.18 bits per heavy atom. The lowest BCUT2D eigenvalue weighted by Crippen LogP contribution is -2.25. The topological polar surface area (TPSA) is 45.2 Å². The van der Waals surface area contributed by atoms with E-state index in [9.17, 15) is 4.79 Å². The molecule has 1 aromatic heterocycles. The van der Waals surface area contributed by atoms with Crippen LogP contribution < -0.4 is 10.2 Å². The third-order valence-corrected chi connectivity index (χ3v) is 4.89. The van der Waals surface area contributed by atoms with E-state index in [1.54, 1.807) is 5.51 Å². The van der Waals surface area contributed by atoms with Gasteiger partial charge in [-0.15, -0.1) is 11.3 Å². The summed E-state index contributed by atoms with van der Waals surface area (Å²) in [5.74, 6) is 0.444. The Labute approximate surface area is 135 Å². The van der Waals surface area contributed by atoms with Crippen LogP contribution in [0.15, 0.2) is 29.8 Å². The molecule has 1 aromatic carbocycles. The number of hydrogen-bond donors (Lipinski definition) is 1. The fourth-order valence-corrected chi connectivity index (χ4v) is 3.13. The second-order valence-electron chi connectivity index (χ2n) is 6.05. The van der Waals surface area contributed by atoms with Crippen molar-refractivity contribution in [3.63, 3.8) is 0 Å². The summed E-state index contributed by atoms with van der Waals surface area (Å²) in [6.07, 6.45) is 2.30. The lowest BCUT2D eigenvalue weighted by molar-refractivity contribution is 0.102. The molecule has 0 atom stereocenters. The van der Waals surface area contributed by atoms with Crippen LogP contribution in [0, 0.1) is 0 Å². The maximum Gasteiger partial charge on any atom is 0.267 e. The average molecular weight is 315 g/mol. The number of thiazole rings is 1. The lowest BCUT2D eigenvalue weighted by Gasteiger charge is -2.24. The van der Waals surface area contributed by atoms with Crippen LogP contribution in [0.25, 0.3) is 0 Å². The van der Waals surface area contributed by atoms with Crippen molar-refractivity contribution < 1.29 is 4.79 Å². The fraction of sp³-hybridized carbons (Fsp3) is 0.412. The first kappa shape index (κ1) is 15.0. The van der Waals surface area contributed by atoms with E-state index in [0.29, 0.717) is 12.0 Å². The van der Waals surface area contributed by atoms with E-state index in [0.717, 1.165) is 34.8 Å². The minimum Gasteiger partial charge on any atom is -0.372 e. The minimum atomic E-state index is -0.0475. The first-order valence-corrected chi connectivity index (χ1v) is 8.52. The largest absolute Gasteiger partial charge is 0.372 e. The number of aromatic nitrogens is 1. The molecular weight excluding hydrogens is 294 g/mol. The van der Waals surface area contributed by atoms with E-state index in [-0.39, 0.29) is 5.91 Å². The average Bonchev–Trinajstić information content (AvgIpc) is 3.23. The third kappa shape index (κ3) is 3.14. The Balaban J connectivity index is 1.76. The number of hydrogen-bond acceptors (Lipinski definition) is 4. The van der Waals surface area contributed by atoms with Crippen molar-refractivity contribution in [1.82, 2.24) is 4.98 Å². The van der Waals surface area contributed by atoms with Gasteiger partial charge in [0, 0.05) is 30.4 Å². The highest BCUT2D eigenvalue weighted by atomic mass is 32.1. The van der Waals surface area contributed by atoms with Gasteiger partial charge >= 0.3 is 0 Å². The van der Waals surface area contributed by atoms with Crippen LogP contribution in [-0.4, -0.2) is 24.0 Å². The summed E-state index contributed by atoms with van der Waals surface area (Å²) >= 11 is 1.43. The molecular formula is C17H21N3OS. The van der Waals surface area contributed by atoms with Crippen LogP contribution in [0.2, 0.25) is 0 Å².